The van der Waals surface area contributed by atoms with Crippen LogP contribution in [-0.4, -0.2) is 4.98 Å². The summed E-state index contributed by atoms with van der Waals surface area (Å²) in [6, 6.07) is 18.2. The molecule has 0 fully saturated rings. The quantitative estimate of drug-likeness (QED) is 0.622. The molecule has 0 aliphatic carbocycles. The second-order valence-corrected chi connectivity index (χ2v) is 5.14. The number of pyridine rings is 1. The fourth-order valence-electron chi connectivity index (χ4n) is 2.04. The van der Waals surface area contributed by atoms with Crippen molar-refractivity contribution in [3.63, 3.8) is 0 Å². The van der Waals surface area contributed by atoms with Gasteiger partial charge in [0, 0.05) is 5.56 Å². The minimum absolute atomic E-state index is 0.269. The van der Waals surface area contributed by atoms with E-state index in [-0.39, 0.29) is 11.0 Å². The highest BCUT2D eigenvalue weighted by molar-refractivity contribution is 6.29. The van der Waals surface area contributed by atoms with E-state index in [4.69, 9.17) is 21.6 Å². The molecule has 5 heteroatoms. The number of rotatable bonds is 3. The van der Waals surface area contributed by atoms with Gasteiger partial charge >= 0.3 is 0 Å². The minimum atomic E-state index is -0.312. The molecule has 3 nitrogen and oxygen atoms in total. The predicted octanol–water partition coefficient (Wildman–Crippen LogP) is 5.21. The van der Waals surface area contributed by atoms with Crippen LogP contribution in [0.4, 0.5) is 4.39 Å². The molecule has 0 aliphatic rings. The summed E-state index contributed by atoms with van der Waals surface area (Å²) in [7, 11) is 0. The molecule has 0 amide bonds. The number of nitriles is 1. The van der Waals surface area contributed by atoms with Crippen LogP contribution in [-0.2, 0) is 0 Å². The molecule has 0 spiro atoms. The van der Waals surface area contributed by atoms with Crippen LogP contribution < -0.4 is 4.74 Å². The molecule has 23 heavy (non-hydrogen) atoms. The molecule has 0 unspecified atom stereocenters. The Kier molecular flexibility index (Phi) is 4.22. The van der Waals surface area contributed by atoms with Crippen molar-refractivity contribution in [1.29, 1.82) is 5.26 Å². The van der Waals surface area contributed by atoms with Gasteiger partial charge in [0.25, 0.3) is 0 Å². The molecule has 112 valence electrons. The van der Waals surface area contributed by atoms with Crippen LogP contribution >= 0.6 is 11.6 Å². The summed E-state index contributed by atoms with van der Waals surface area (Å²) in [5, 5.41) is 9.25. The highest BCUT2D eigenvalue weighted by atomic mass is 35.5. The van der Waals surface area contributed by atoms with E-state index in [0.717, 1.165) is 5.56 Å². The van der Waals surface area contributed by atoms with Crippen molar-refractivity contribution < 1.29 is 9.13 Å². The van der Waals surface area contributed by atoms with Gasteiger partial charge in [-0.25, -0.2) is 9.37 Å². The number of halogens is 2. The lowest BCUT2D eigenvalue weighted by molar-refractivity contribution is 0.480. The van der Waals surface area contributed by atoms with E-state index in [1.807, 2.05) is 18.2 Å². The van der Waals surface area contributed by atoms with Crippen molar-refractivity contribution >= 4 is 11.6 Å². The lowest BCUT2D eigenvalue weighted by Gasteiger charge is -2.07. The number of nitrogens with zero attached hydrogens (tertiary/aromatic N) is 2. The third-order valence-corrected chi connectivity index (χ3v) is 3.32. The molecular weight excluding hydrogens is 315 g/mol. The highest BCUT2D eigenvalue weighted by Crippen LogP contribution is 2.26. The van der Waals surface area contributed by atoms with Gasteiger partial charge in [0.05, 0.1) is 17.3 Å². The largest absolute Gasteiger partial charge is 0.457 e. The van der Waals surface area contributed by atoms with Gasteiger partial charge in [0.15, 0.2) is 0 Å². The van der Waals surface area contributed by atoms with Gasteiger partial charge in [0.1, 0.15) is 22.5 Å². The summed E-state index contributed by atoms with van der Waals surface area (Å²) in [5.74, 6) is 0.850. The number of hydrogen-bond acceptors (Lipinski definition) is 3. The van der Waals surface area contributed by atoms with Crippen molar-refractivity contribution in [2.45, 2.75) is 0 Å². The van der Waals surface area contributed by atoms with E-state index in [1.54, 1.807) is 30.3 Å². The summed E-state index contributed by atoms with van der Waals surface area (Å²) in [6.07, 6.45) is 0. The second-order valence-electron chi connectivity index (χ2n) is 4.76. The van der Waals surface area contributed by atoms with Gasteiger partial charge in [-0.15, -0.1) is 0 Å². The van der Waals surface area contributed by atoms with Crippen LogP contribution in [0.3, 0.4) is 0 Å². The number of ether oxygens (including phenoxy) is 1. The van der Waals surface area contributed by atoms with Crippen LogP contribution in [0.2, 0.25) is 5.15 Å². The molecule has 0 saturated carbocycles. The minimum Gasteiger partial charge on any atom is -0.457 e. The Bertz CT molecular complexity index is 871. The normalized spacial score (nSPS) is 10.1. The van der Waals surface area contributed by atoms with E-state index in [0.29, 0.717) is 22.8 Å². The SMILES string of the molecule is N#Cc1cc(Cl)nc(-c2ccc(Oc3ccc(F)cc3)cc2)c1. The maximum absolute atomic E-state index is 12.9. The van der Waals surface area contributed by atoms with Crippen LogP contribution in [0.25, 0.3) is 11.3 Å². The maximum atomic E-state index is 12.9. The number of benzene rings is 2. The van der Waals surface area contributed by atoms with Gasteiger partial charge in [-0.3, -0.25) is 0 Å². The Morgan fingerprint density at radius 2 is 1.57 bits per heavy atom. The molecule has 1 aromatic heterocycles. The first kappa shape index (κ1) is 15.0. The lowest BCUT2D eigenvalue weighted by Crippen LogP contribution is -1.88. The summed E-state index contributed by atoms with van der Waals surface area (Å²) < 4.78 is 18.5. The summed E-state index contributed by atoms with van der Waals surface area (Å²) in [6.45, 7) is 0. The van der Waals surface area contributed by atoms with Crippen LogP contribution in [0.5, 0.6) is 11.5 Å². The topological polar surface area (TPSA) is 45.9 Å². The monoisotopic (exact) mass is 324 g/mol. The molecule has 1 heterocycles. The zero-order chi connectivity index (χ0) is 16.2. The Morgan fingerprint density at radius 1 is 0.957 bits per heavy atom. The van der Waals surface area contributed by atoms with Crippen molar-refractivity contribution in [2.75, 3.05) is 0 Å². The van der Waals surface area contributed by atoms with E-state index in [2.05, 4.69) is 4.98 Å². The molecule has 3 rings (SSSR count). The van der Waals surface area contributed by atoms with Crippen LogP contribution in [0, 0.1) is 17.1 Å². The van der Waals surface area contributed by atoms with Crippen LogP contribution in [0.1, 0.15) is 5.56 Å². The van der Waals surface area contributed by atoms with Crippen molar-refractivity contribution in [1.82, 2.24) is 4.98 Å². The molecule has 0 aliphatic heterocycles. The summed E-state index contributed by atoms with van der Waals surface area (Å²) in [5.41, 5.74) is 1.88. The molecular formula is C18H10ClFN2O. The molecule has 2 aromatic carbocycles. The zero-order valence-corrected chi connectivity index (χ0v) is 12.6. The molecule has 0 atom stereocenters. The first-order chi connectivity index (χ1) is 11.1. The van der Waals surface area contributed by atoms with Gasteiger partial charge in [0.2, 0.25) is 0 Å². The number of hydrogen-bond donors (Lipinski definition) is 0. The Hall–Kier alpha value is -2.90. The molecule has 3 aromatic rings. The molecule has 0 saturated heterocycles. The third kappa shape index (κ3) is 3.65. The summed E-state index contributed by atoms with van der Waals surface area (Å²) in [4.78, 5) is 4.21. The van der Waals surface area contributed by atoms with E-state index < -0.39 is 0 Å². The average Bonchev–Trinajstić information content (AvgIpc) is 2.57. The average molecular weight is 325 g/mol. The predicted molar refractivity (Wildman–Crippen MR) is 85.9 cm³/mol. The second kappa shape index (κ2) is 6.47. The fraction of sp³-hybridized carbons (Fsp3) is 0. The van der Waals surface area contributed by atoms with Crippen molar-refractivity contribution in [2.24, 2.45) is 0 Å². The standard InChI is InChI=1S/C18H10ClFN2O/c19-18-10-12(11-21)9-17(22-18)13-1-5-15(6-2-13)23-16-7-3-14(20)4-8-16/h1-10H. The highest BCUT2D eigenvalue weighted by Gasteiger charge is 2.05. The van der Waals surface area contributed by atoms with Gasteiger partial charge in [-0.1, -0.05) is 11.6 Å². The van der Waals surface area contributed by atoms with Gasteiger partial charge < -0.3 is 4.74 Å². The fourth-order valence-corrected chi connectivity index (χ4v) is 2.25. The molecule has 0 radical (unpaired) electrons. The van der Waals surface area contributed by atoms with Crippen LogP contribution in [0.15, 0.2) is 60.7 Å². The third-order valence-electron chi connectivity index (χ3n) is 3.12. The first-order valence-corrected chi connectivity index (χ1v) is 7.13. The smallest absolute Gasteiger partial charge is 0.131 e. The number of aromatic nitrogens is 1. The molecule has 0 bridgehead atoms. The summed E-state index contributed by atoms with van der Waals surface area (Å²) >= 11 is 5.91. The van der Waals surface area contributed by atoms with E-state index >= 15 is 0 Å². The van der Waals surface area contributed by atoms with Gasteiger partial charge in [-0.2, -0.15) is 5.26 Å². The van der Waals surface area contributed by atoms with Gasteiger partial charge in [-0.05, 0) is 60.7 Å². The Balaban J connectivity index is 1.83. The Labute approximate surface area is 137 Å². The maximum Gasteiger partial charge on any atom is 0.131 e. The first-order valence-electron chi connectivity index (χ1n) is 6.75. The van der Waals surface area contributed by atoms with E-state index in [9.17, 15) is 4.39 Å². The zero-order valence-electron chi connectivity index (χ0n) is 11.8. The van der Waals surface area contributed by atoms with Crippen molar-refractivity contribution in [3.05, 3.63) is 77.2 Å². The van der Waals surface area contributed by atoms with E-state index in [1.165, 1.54) is 18.2 Å². The molecule has 0 N–H and O–H groups in total. The Morgan fingerprint density at radius 3 is 2.17 bits per heavy atom. The van der Waals surface area contributed by atoms with Crippen molar-refractivity contribution in [3.8, 4) is 28.8 Å². The lowest BCUT2D eigenvalue weighted by atomic mass is 10.1.